The molecule has 0 aliphatic rings. The van der Waals surface area contributed by atoms with Crippen molar-refractivity contribution in [1.29, 1.82) is 0 Å². The van der Waals surface area contributed by atoms with Gasteiger partial charge in [0.15, 0.2) is 0 Å². The maximum Gasteiger partial charge on any atom is 0.411 e. The van der Waals surface area contributed by atoms with Crippen LogP contribution in [0.2, 0.25) is 0 Å². The molecule has 29 heavy (non-hydrogen) atoms. The van der Waals surface area contributed by atoms with Crippen LogP contribution in [0.1, 0.15) is 15.9 Å². The van der Waals surface area contributed by atoms with Crippen molar-refractivity contribution < 1.29 is 14.3 Å². The molecule has 0 heterocycles. The van der Waals surface area contributed by atoms with Gasteiger partial charge in [0, 0.05) is 31.2 Å². The average Bonchev–Trinajstić information content (AvgIpc) is 2.74. The van der Waals surface area contributed by atoms with E-state index in [4.69, 9.17) is 4.74 Å². The minimum absolute atomic E-state index is 0.197. The van der Waals surface area contributed by atoms with Gasteiger partial charge in [-0.15, -0.1) is 0 Å². The largest absolute Gasteiger partial charge is 0.444 e. The number of para-hydroxylation sites is 1. The lowest BCUT2D eigenvalue weighted by molar-refractivity contribution is 0.102. The molecule has 0 saturated carbocycles. The van der Waals surface area contributed by atoms with Crippen molar-refractivity contribution >= 4 is 29.1 Å². The first-order chi connectivity index (χ1) is 14.0. The minimum atomic E-state index is -0.537. The third kappa shape index (κ3) is 5.59. The Morgan fingerprint density at radius 1 is 0.793 bits per heavy atom. The van der Waals surface area contributed by atoms with Crippen molar-refractivity contribution in [2.45, 2.75) is 6.61 Å². The second-order valence-corrected chi connectivity index (χ2v) is 6.63. The lowest BCUT2D eigenvalue weighted by Crippen LogP contribution is -2.18. The molecule has 0 aliphatic carbocycles. The fraction of sp³-hybridized carbons (Fsp3) is 0.130. The summed E-state index contributed by atoms with van der Waals surface area (Å²) in [5.41, 5.74) is 3.55. The molecule has 0 unspecified atom stereocenters. The van der Waals surface area contributed by atoms with Crippen LogP contribution in [0.25, 0.3) is 0 Å². The number of hydrogen-bond acceptors (Lipinski definition) is 4. The van der Waals surface area contributed by atoms with Crippen LogP contribution in [0.5, 0.6) is 0 Å². The summed E-state index contributed by atoms with van der Waals surface area (Å²) >= 11 is 0. The summed E-state index contributed by atoms with van der Waals surface area (Å²) in [6.45, 7) is 0.200. The summed E-state index contributed by atoms with van der Waals surface area (Å²) in [7, 11) is 3.78. The predicted molar refractivity (Wildman–Crippen MR) is 115 cm³/mol. The third-order valence-electron chi connectivity index (χ3n) is 4.23. The van der Waals surface area contributed by atoms with Gasteiger partial charge in [0.05, 0.1) is 5.56 Å². The average molecular weight is 389 g/mol. The van der Waals surface area contributed by atoms with Crippen molar-refractivity contribution in [2.24, 2.45) is 0 Å². The van der Waals surface area contributed by atoms with E-state index in [-0.39, 0.29) is 12.5 Å². The van der Waals surface area contributed by atoms with Crippen LogP contribution in [-0.2, 0) is 11.3 Å². The Bertz CT molecular complexity index is 970. The number of ether oxygens (including phenoxy) is 1. The Balaban J connectivity index is 1.56. The number of carbonyl (C=O) groups excluding carboxylic acids is 2. The molecule has 2 amide bonds. The van der Waals surface area contributed by atoms with Gasteiger partial charge in [-0.1, -0.05) is 42.5 Å². The Kier molecular flexibility index (Phi) is 6.47. The van der Waals surface area contributed by atoms with E-state index in [0.717, 1.165) is 11.3 Å². The highest BCUT2D eigenvalue weighted by atomic mass is 16.5. The first kappa shape index (κ1) is 19.9. The summed E-state index contributed by atoms with van der Waals surface area (Å²) in [5.74, 6) is -0.197. The van der Waals surface area contributed by atoms with E-state index in [1.54, 1.807) is 30.3 Å². The Morgan fingerprint density at radius 3 is 2.03 bits per heavy atom. The van der Waals surface area contributed by atoms with Crippen LogP contribution in [0.4, 0.5) is 21.9 Å². The van der Waals surface area contributed by atoms with Gasteiger partial charge in [-0.3, -0.25) is 10.1 Å². The quantitative estimate of drug-likeness (QED) is 0.638. The van der Waals surface area contributed by atoms with Crippen LogP contribution in [-0.4, -0.2) is 26.1 Å². The van der Waals surface area contributed by atoms with Gasteiger partial charge in [0.25, 0.3) is 5.91 Å². The maximum absolute atomic E-state index is 12.6. The van der Waals surface area contributed by atoms with E-state index in [2.05, 4.69) is 10.6 Å². The fourth-order valence-corrected chi connectivity index (χ4v) is 2.77. The summed E-state index contributed by atoms with van der Waals surface area (Å²) in [4.78, 5) is 26.4. The molecule has 0 aliphatic heterocycles. The predicted octanol–water partition coefficient (Wildman–Crippen LogP) is 4.75. The van der Waals surface area contributed by atoms with Gasteiger partial charge in [0.2, 0.25) is 0 Å². The summed E-state index contributed by atoms with van der Waals surface area (Å²) in [6, 6.07) is 23.7. The number of hydrogen-bond donors (Lipinski definition) is 2. The number of nitrogens with zero attached hydrogens (tertiary/aromatic N) is 1. The molecular weight excluding hydrogens is 366 g/mol. The van der Waals surface area contributed by atoms with E-state index in [1.165, 1.54) is 0 Å². The molecule has 0 bridgehead atoms. The van der Waals surface area contributed by atoms with E-state index in [9.17, 15) is 9.59 Å². The molecule has 3 aromatic carbocycles. The van der Waals surface area contributed by atoms with Crippen molar-refractivity contribution in [3.05, 3.63) is 90.0 Å². The number of rotatable bonds is 6. The Morgan fingerprint density at radius 2 is 1.38 bits per heavy atom. The highest BCUT2D eigenvalue weighted by Crippen LogP contribution is 2.20. The van der Waals surface area contributed by atoms with E-state index in [1.807, 2.05) is 67.5 Å². The number of carbonyl (C=O) groups is 2. The van der Waals surface area contributed by atoms with Crippen molar-refractivity contribution in [2.75, 3.05) is 29.6 Å². The van der Waals surface area contributed by atoms with Gasteiger partial charge in [-0.05, 0) is 42.0 Å². The standard InChI is InChI=1S/C23H23N3O3/c1-26(2)21-11-7-6-10-20(21)22(27)24-18-12-14-19(15-13-18)25-23(28)29-16-17-8-4-3-5-9-17/h3-15H,16H2,1-2H3,(H,24,27)(H,25,28). The van der Waals surface area contributed by atoms with Crippen LogP contribution >= 0.6 is 0 Å². The number of benzene rings is 3. The van der Waals surface area contributed by atoms with Crippen LogP contribution in [0.15, 0.2) is 78.9 Å². The van der Waals surface area contributed by atoms with E-state index >= 15 is 0 Å². The topological polar surface area (TPSA) is 70.7 Å². The zero-order valence-electron chi connectivity index (χ0n) is 16.4. The molecule has 0 saturated heterocycles. The number of nitrogens with one attached hydrogen (secondary N) is 2. The summed E-state index contributed by atoms with van der Waals surface area (Å²) < 4.78 is 5.20. The zero-order valence-corrected chi connectivity index (χ0v) is 16.4. The molecule has 0 radical (unpaired) electrons. The first-order valence-electron chi connectivity index (χ1n) is 9.18. The van der Waals surface area contributed by atoms with Crippen molar-refractivity contribution in [3.63, 3.8) is 0 Å². The third-order valence-corrected chi connectivity index (χ3v) is 4.23. The zero-order chi connectivity index (χ0) is 20.6. The smallest absolute Gasteiger partial charge is 0.411 e. The van der Waals surface area contributed by atoms with Crippen molar-refractivity contribution in [3.8, 4) is 0 Å². The van der Waals surface area contributed by atoms with E-state index < -0.39 is 6.09 Å². The lowest BCUT2D eigenvalue weighted by Gasteiger charge is -2.17. The minimum Gasteiger partial charge on any atom is -0.444 e. The molecule has 0 atom stereocenters. The molecule has 0 aromatic heterocycles. The molecule has 148 valence electrons. The molecular formula is C23H23N3O3. The van der Waals surface area contributed by atoms with Gasteiger partial charge >= 0.3 is 6.09 Å². The highest BCUT2D eigenvalue weighted by molar-refractivity contribution is 6.08. The Hall–Kier alpha value is -3.80. The Labute approximate surface area is 170 Å². The molecule has 2 N–H and O–H groups in total. The molecule has 3 rings (SSSR count). The fourth-order valence-electron chi connectivity index (χ4n) is 2.77. The van der Waals surface area contributed by atoms with Crippen LogP contribution < -0.4 is 15.5 Å². The monoisotopic (exact) mass is 389 g/mol. The molecule has 0 spiro atoms. The SMILES string of the molecule is CN(C)c1ccccc1C(=O)Nc1ccc(NC(=O)OCc2ccccc2)cc1. The number of amides is 2. The maximum atomic E-state index is 12.6. The number of anilines is 3. The van der Waals surface area contributed by atoms with Crippen LogP contribution in [0.3, 0.4) is 0 Å². The molecule has 3 aromatic rings. The van der Waals surface area contributed by atoms with Crippen LogP contribution in [0, 0.1) is 0 Å². The summed E-state index contributed by atoms with van der Waals surface area (Å²) in [6.07, 6.45) is -0.537. The lowest BCUT2D eigenvalue weighted by atomic mass is 10.1. The van der Waals surface area contributed by atoms with Gasteiger partial charge in [-0.25, -0.2) is 4.79 Å². The normalized spacial score (nSPS) is 10.1. The second kappa shape index (κ2) is 9.41. The first-order valence-corrected chi connectivity index (χ1v) is 9.18. The highest BCUT2D eigenvalue weighted by Gasteiger charge is 2.12. The van der Waals surface area contributed by atoms with Gasteiger partial charge < -0.3 is 15.0 Å². The van der Waals surface area contributed by atoms with Gasteiger partial charge in [0.1, 0.15) is 6.61 Å². The summed E-state index contributed by atoms with van der Waals surface area (Å²) in [5, 5.41) is 5.54. The van der Waals surface area contributed by atoms with E-state index in [0.29, 0.717) is 16.9 Å². The van der Waals surface area contributed by atoms with Gasteiger partial charge in [-0.2, -0.15) is 0 Å². The molecule has 6 heteroatoms. The molecule has 0 fully saturated rings. The second-order valence-electron chi connectivity index (χ2n) is 6.63. The molecule has 6 nitrogen and oxygen atoms in total. The van der Waals surface area contributed by atoms with Crippen molar-refractivity contribution in [1.82, 2.24) is 0 Å².